The van der Waals surface area contributed by atoms with Crippen molar-refractivity contribution in [1.82, 2.24) is 15.2 Å². The molecular formula is C21H18N4O5S2. The van der Waals surface area contributed by atoms with E-state index in [4.69, 9.17) is 0 Å². The van der Waals surface area contributed by atoms with E-state index in [1.165, 1.54) is 12.1 Å². The maximum atomic E-state index is 13.0. The smallest absolute Gasteiger partial charge is 0.271 e. The Morgan fingerprint density at radius 1 is 1.06 bits per heavy atom. The van der Waals surface area contributed by atoms with E-state index >= 15 is 0 Å². The summed E-state index contributed by atoms with van der Waals surface area (Å²) in [6, 6.07) is 16.1. The summed E-state index contributed by atoms with van der Waals surface area (Å²) in [5.74, 6) is -1.10. The third-order valence-electron chi connectivity index (χ3n) is 4.55. The third-order valence-corrected chi connectivity index (χ3v) is 6.94. The number of para-hydroxylation sites is 1. The second-order valence-corrected chi connectivity index (χ2v) is 9.60. The van der Waals surface area contributed by atoms with Gasteiger partial charge >= 0.3 is 0 Å². The molecule has 5 N–H and O–H groups in total. The van der Waals surface area contributed by atoms with E-state index in [0.29, 0.717) is 10.7 Å². The Bertz CT molecular complexity index is 1460. The molecular weight excluding hydrogens is 452 g/mol. The number of hydrogen-bond acceptors (Lipinski definition) is 7. The van der Waals surface area contributed by atoms with Crippen molar-refractivity contribution in [3.8, 4) is 5.75 Å². The zero-order valence-corrected chi connectivity index (χ0v) is 18.3. The minimum atomic E-state index is -4.02. The molecule has 0 unspecified atom stereocenters. The van der Waals surface area contributed by atoms with Gasteiger partial charge in [0.05, 0.1) is 20.7 Å². The molecule has 0 aliphatic rings. The fraction of sp³-hybridized carbons (Fsp3) is 0.0476. The number of sulfonamides is 1. The van der Waals surface area contributed by atoms with Gasteiger partial charge in [0.25, 0.3) is 21.5 Å². The first kappa shape index (κ1) is 21.6. The highest BCUT2D eigenvalue weighted by molar-refractivity contribution is 7.89. The van der Waals surface area contributed by atoms with Gasteiger partial charge < -0.3 is 15.4 Å². The van der Waals surface area contributed by atoms with Gasteiger partial charge in [-0.15, -0.1) is 16.2 Å². The summed E-state index contributed by atoms with van der Waals surface area (Å²) in [5.41, 5.74) is 3.20. The van der Waals surface area contributed by atoms with Gasteiger partial charge in [-0.25, -0.2) is 8.42 Å². The van der Waals surface area contributed by atoms with Crippen LogP contribution in [0.2, 0.25) is 0 Å². The lowest BCUT2D eigenvalue weighted by atomic mass is 10.2. The van der Waals surface area contributed by atoms with Crippen LogP contribution < -0.4 is 21.1 Å². The number of hydrazine groups is 1. The Balaban J connectivity index is 1.70. The van der Waals surface area contributed by atoms with Crippen LogP contribution in [0, 0.1) is 6.92 Å². The van der Waals surface area contributed by atoms with Gasteiger partial charge in [-0.1, -0.05) is 35.9 Å². The summed E-state index contributed by atoms with van der Waals surface area (Å²) in [6.45, 7) is 1.82. The molecule has 2 heterocycles. The average molecular weight is 471 g/mol. The molecule has 32 heavy (non-hydrogen) atoms. The number of aromatic nitrogens is 1. The van der Waals surface area contributed by atoms with Crippen LogP contribution >= 0.6 is 11.3 Å². The molecule has 2 aromatic carbocycles. The Labute approximate surface area is 186 Å². The van der Waals surface area contributed by atoms with Crippen LogP contribution in [0.25, 0.3) is 10.2 Å². The van der Waals surface area contributed by atoms with Crippen LogP contribution in [-0.4, -0.2) is 24.4 Å². The second kappa shape index (κ2) is 8.46. The normalized spacial score (nSPS) is 11.4. The van der Waals surface area contributed by atoms with Gasteiger partial charge in [0, 0.05) is 11.8 Å². The number of hydrogen-bond donors (Lipinski definition) is 5. The number of amides is 1. The third kappa shape index (κ3) is 4.35. The highest BCUT2D eigenvalue weighted by Gasteiger charge is 2.24. The number of fused-ring (bicyclic) bond motifs is 1. The van der Waals surface area contributed by atoms with Crippen molar-refractivity contribution in [2.45, 2.75) is 11.8 Å². The van der Waals surface area contributed by atoms with Crippen LogP contribution in [0.3, 0.4) is 0 Å². The first-order valence-electron chi connectivity index (χ1n) is 9.34. The fourth-order valence-corrected chi connectivity index (χ4v) is 4.92. The molecule has 0 aliphatic carbocycles. The number of benzene rings is 2. The summed E-state index contributed by atoms with van der Waals surface area (Å²) in [5, 5.41) is 13.6. The molecule has 2 aromatic heterocycles. The van der Waals surface area contributed by atoms with Crippen molar-refractivity contribution in [2.75, 3.05) is 5.32 Å². The molecule has 164 valence electrons. The zero-order valence-electron chi connectivity index (χ0n) is 16.7. The maximum Gasteiger partial charge on any atom is 0.271 e. The van der Waals surface area contributed by atoms with Gasteiger partial charge in [0.2, 0.25) is 0 Å². The highest BCUT2D eigenvalue weighted by Crippen LogP contribution is 2.39. The van der Waals surface area contributed by atoms with E-state index in [9.17, 15) is 23.1 Å². The SMILES string of the molecule is Cc1ccc(S(=O)(=O)NNC(=O)c2c(Nc3ccccc3)sc3c(O)cc(=O)[nH]c23)cc1. The molecule has 4 rings (SSSR count). The molecule has 0 atom stereocenters. The van der Waals surface area contributed by atoms with Crippen LogP contribution in [0.5, 0.6) is 5.75 Å². The topological polar surface area (TPSA) is 140 Å². The Morgan fingerprint density at radius 2 is 1.75 bits per heavy atom. The summed E-state index contributed by atoms with van der Waals surface area (Å²) in [6.07, 6.45) is 0. The number of rotatable bonds is 6. The number of nitrogens with one attached hydrogen (secondary N) is 4. The van der Waals surface area contributed by atoms with E-state index in [-0.39, 0.29) is 26.4 Å². The lowest BCUT2D eigenvalue weighted by Gasteiger charge is -2.10. The quantitative estimate of drug-likeness (QED) is 0.275. The summed E-state index contributed by atoms with van der Waals surface area (Å²) in [4.78, 5) is 29.5. The lowest BCUT2D eigenvalue weighted by molar-refractivity contribution is 0.0947. The molecule has 0 spiro atoms. The van der Waals surface area contributed by atoms with Gasteiger partial charge in [0.15, 0.2) is 0 Å². The Morgan fingerprint density at radius 3 is 2.44 bits per heavy atom. The summed E-state index contributed by atoms with van der Waals surface area (Å²) < 4.78 is 25.3. The molecule has 0 bridgehead atoms. The predicted molar refractivity (Wildman–Crippen MR) is 123 cm³/mol. The standard InChI is InChI=1S/C21H18N4O5S2/c1-12-7-9-14(10-8-12)32(29,30)25-24-20(28)17-18-19(15(26)11-16(27)23-18)31-21(17)22-13-5-3-2-4-6-13/h2-11,22,25H,1H3,(H,24,28)(H2,23,26,27). The molecule has 4 aromatic rings. The van der Waals surface area contributed by atoms with Crippen LogP contribution in [0.15, 0.2) is 70.4 Å². The summed E-state index contributed by atoms with van der Waals surface area (Å²) >= 11 is 1.04. The first-order valence-corrected chi connectivity index (χ1v) is 11.6. The molecule has 9 nitrogen and oxygen atoms in total. The Kier molecular flexibility index (Phi) is 5.70. The monoisotopic (exact) mass is 470 g/mol. The molecule has 1 amide bonds. The van der Waals surface area contributed by atoms with E-state index in [1.807, 2.05) is 13.0 Å². The van der Waals surface area contributed by atoms with Gasteiger partial charge in [-0.05, 0) is 31.2 Å². The van der Waals surface area contributed by atoms with Gasteiger partial charge in [-0.2, -0.15) is 0 Å². The number of aromatic hydroxyl groups is 1. The molecule has 0 radical (unpaired) electrons. The minimum absolute atomic E-state index is 0.0199. The molecule has 0 fully saturated rings. The van der Waals surface area contributed by atoms with Gasteiger partial charge in [-0.3, -0.25) is 15.0 Å². The number of carbonyl (C=O) groups is 1. The fourth-order valence-electron chi connectivity index (χ4n) is 2.99. The van der Waals surface area contributed by atoms with Crippen LogP contribution in [0.4, 0.5) is 10.7 Å². The number of thiophene rings is 1. The average Bonchev–Trinajstić information content (AvgIpc) is 3.11. The van der Waals surface area contributed by atoms with E-state index in [0.717, 1.165) is 23.0 Å². The highest BCUT2D eigenvalue weighted by atomic mass is 32.2. The van der Waals surface area contributed by atoms with E-state index < -0.39 is 21.5 Å². The van der Waals surface area contributed by atoms with Crippen LogP contribution in [0.1, 0.15) is 15.9 Å². The van der Waals surface area contributed by atoms with E-state index in [2.05, 4.69) is 20.6 Å². The molecule has 11 heteroatoms. The number of carbonyl (C=O) groups excluding carboxylic acids is 1. The molecule has 0 aliphatic heterocycles. The molecule has 0 saturated heterocycles. The number of aryl methyl sites for hydroxylation is 1. The predicted octanol–water partition coefficient (Wildman–Crippen LogP) is 2.97. The van der Waals surface area contributed by atoms with E-state index in [1.54, 1.807) is 36.4 Å². The Hall–Kier alpha value is -3.67. The largest absolute Gasteiger partial charge is 0.506 e. The first-order chi connectivity index (χ1) is 15.2. The zero-order chi connectivity index (χ0) is 22.9. The molecule has 0 saturated carbocycles. The van der Waals surface area contributed by atoms with Crippen LogP contribution in [-0.2, 0) is 10.0 Å². The van der Waals surface area contributed by atoms with Crippen molar-refractivity contribution in [2.24, 2.45) is 0 Å². The summed E-state index contributed by atoms with van der Waals surface area (Å²) in [7, 11) is -4.02. The minimum Gasteiger partial charge on any atom is -0.506 e. The number of H-pyrrole nitrogens is 1. The number of pyridine rings is 1. The van der Waals surface area contributed by atoms with Crippen molar-refractivity contribution in [3.05, 3.63) is 82.1 Å². The maximum absolute atomic E-state index is 13.0. The number of anilines is 2. The number of aromatic amines is 1. The second-order valence-electron chi connectivity index (χ2n) is 6.89. The van der Waals surface area contributed by atoms with Crippen molar-refractivity contribution in [1.29, 1.82) is 0 Å². The van der Waals surface area contributed by atoms with Gasteiger partial charge in [0.1, 0.15) is 10.8 Å². The lowest BCUT2D eigenvalue weighted by Crippen LogP contribution is -2.41. The van der Waals surface area contributed by atoms with Crippen molar-refractivity contribution in [3.63, 3.8) is 0 Å². The van der Waals surface area contributed by atoms with Crippen molar-refractivity contribution >= 4 is 48.2 Å². The van der Waals surface area contributed by atoms with Crippen molar-refractivity contribution < 1.29 is 18.3 Å².